The van der Waals surface area contributed by atoms with Crippen LogP contribution in [-0.4, -0.2) is 21.6 Å². The number of thioether (sulfide) groups is 1. The van der Waals surface area contributed by atoms with Gasteiger partial charge in [0.25, 0.3) is 0 Å². The van der Waals surface area contributed by atoms with E-state index in [0.29, 0.717) is 27.9 Å². The van der Waals surface area contributed by atoms with Gasteiger partial charge in [-0.15, -0.1) is 34.4 Å². The van der Waals surface area contributed by atoms with E-state index in [-0.39, 0.29) is 5.91 Å². The first-order valence-electron chi connectivity index (χ1n) is 7.87. The lowest BCUT2D eigenvalue weighted by molar-refractivity contribution is -0.115. The molecule has 5 nitrogen and oxygen atoms in total. The molecule has 0 aliphatic rings. The molecule has 1 amide bonds. The fourth-order valence-electron chi connectivity index (χ4n) is 2.33. The Balaban J connectivity index is 1.55. The molecule has 3 aromatic heterocycles. The molecule has 1 N–H and O–H groups in total. The smallest absolute Gasteiger partial charge is 0.226 e. The van der Waals surface area contributed by atoms with Gasteiger partial charge in [0.2, 0.25) is 5.91 Å². The summed E-state index contributed by atoms with van der Waals surface area (Å²) in [6.07, 6.45) is 0.331. The number of nitrogens with zero attached hydrogens (tertiary/aromatic N) is 3. The number of pyridine rings is 1. The number of anilines is 1. The Morgan fingerprint density at radius 2 is 2.19 bits per heavy atom. The summed E-state index contributed by atoms with van der Waals surface area (Å²) in [6, 6.07) is 8.07. The van der Waals surface area contributed by atoms with Gasteiger partial charge < -0.3 is 5.32 Å². The SMILES string of the molecule is Cc1cc(C)c(C#N)c(SCCC(=O)Nc2nc(-c3cccs3)cs2)n1. The van der Waals surface area contributed by atoms with Crippen molar-refractivity contribution < 1.29 is 4.79 Å². The Labute approximate surface area is 164 Å². The zero-order valence-corrected chi connectivity index (χ0v) is 16.7. The number of carbonyl (C=O) groups excluding carboxylic acids is 1. The third-order valence-corrected chi connectivity index (χ3v) is 6.14. The van der Waals surface area contributed by atoms with E-state index in [1.54, 1.807) is 11.3 Å². The number of hydrogen-bond donors (Lipinski definition) is 1. The molecule has 3 rings (SSSR count). The summed E-state index contributed by atoms with van der Waals surface area (Å²) in [4.78, 5) is 22.1. The fourth-order valence-corrected chi connectivity index (χ4v) is 4.86. The second-order valence-electron chi connectivity index (χ2n) is 5.53. The Bertz CT molecular complexity index is 957. The van der Waals surface area contributed by atoms with Gasteiger partial charge in [0.05, 0.1) is 16.1 Å². The van der Waals surface area contributed by atoms with Crippen LogP contribution in [0.15, 0.2) is 34.0 Å². The van der Waals surface area contributed by atoms with Crippen LogP contribution >= 0.6 is 34.4 Å². The highest BCUT2D eigenvalue weighted by atomic mass is 32.2. The highest BCUT2D eigenvalue weighted by Crippen LogP contribution is 2.28. The van der Waals surface area contributed by atoms with E-state index in [1.165, 1.54) is 23.1 Å². The van der Waals surface area contributed by atoms with Crippen molar-refractivity contribution in [1.29, 1.82) is 5.26 Å². The first-order chi connectivity index (χ1) is 12.6. The van der Waals surface area contributed by atoms with Gasteiger partial charge >= 0.3 is 0 Å². The minimum Gasteiger partial charge on any atom is -0.302 e. The van der Waals surface area contributed by atoms with Gasteiger partial charge in [-0.3, -0.25) is 4.79 Å². The molecule has 3 heterocycles. The fraction of sp³-hybridized carbons (Fsp3) is 0.222. The van der Waals surface area contributed by atoms with Crippen LogP contribution in [0.3, 0.4) is 0 Å². The molecule has 0 bridgehead atoms. The number of nitriles is 1. The van der Waals surface area contributed by atoms with Crippen molar-refractivity contribution in [3.8, 4) is 16.6 Å². The zero-order chi connectivity index (χ0) is 18.5. The van der Waals surface area contributed by atoms with Crippen LogP contribution in [0.1, 0.15) is 23.2 Å². The molecule has 0 aromatic carbocycles. The molecule has 3 aromatic rings. The van der Waals surface area contributed by atoms with Gasteiger partial charge in [-0.25, -0.2) is 9.97 Å². The predicted octanol–water partition coefficient (Wildman–Crippen LogP) is 4.88. The maximum atomic E-state index is 12.1. The highest BCUT2D eigenvalue weighted by molar-refractivity contribution is 7.99. The van der Waals surface area contributed by atoms with Crippen LogP contribution in [0, 0.1) is 25.2 Å². The standard InChI is InChI=1S/C18H16N4OS3/c1-11-8-12(2)20-17(13(11)9-19)25-7-5-16(23)22-18-21-14(10-26-18)15-4-3-6-24-15/h3-4,6,8,10H,5,7H2,1-2H3,(H,21,22,23). The van der Waals surface area contributed by atoms with E-state index in [1.807, 2.05) is 42.8 Å². The molecule has 0 saturated carbocycles. The lowest BCUT2D eigenvalue weighted by Gasteiger charge is -2.07. The second kappa shape index (κ2) is 8.45. The van der Waals surface area contributed by atoms with Gasteiger partial charge in [0.1, 0.15) is 11.1 Å². The lowest BCUT2D eigenvalue weighted by atomic mass is 10.1. The van der Waals surface area contributed by atoms with Crippen molar-refractivity contribution in [2.75, 3.05) is 11.1 Å². The molecule has 0 radical (unpaired) electrons. The second-order valence-corrected chi connectivity index (χ2v) is 8.42. The van der Waals surface area contributed by atoms with E-state index in [2.05, 4.69) is 21.4 Å². The first-order valence-corrected chi connectivity index (χ1v) is 10.6. The summed E-state index contributed by atoms with van der Waals surface area (Å²) in [7, 11) is 0. The molecular formula is C18H16N4OS3. The van der Waals surface area contributed by atoms with Crippen LogP contribution in [0.4, 0.5) is 5.13 Å². The van der Waals surface area contributed by atoms with Crippen molar-refractivity contribution >= 4 is 45.5 Å². The van der Waals surface area contributed by atoms with Gasteiger partial charge in [0, 0.05) is 23.2 Å². The summed E-state index contributed by atoms with van der Waals surface area (Å²) in [6.45, 7) is 3.80. The number of nitrogens with one attached hydrogen (secondary N) is 1. The zero-order valence-electron chi connectivity index (χ0n) is 14.3. The number of rotatable bonds is 6. The van der Waals surface area contributed by atoms with Gasteiger partial charge in [-0.1, -0.05) is 6.07 Å². The third kappa shape index (κ3) is 4.49. The average Bonchev–Trinajstić information content (AvgIpc) is 3.25. The number of hydrogen-bond acceptors (Lipinski definition) is 7. The Morgan fingerprint density at radius 3 is 2.92 bits per heavy atom. The summed E-state index contributed by atoms with van der Waals surface area (Å²) in [5, 5.41) is 17.4. The van der Waals surface area contributed by atoms with E-state index in [4.69, 9.17) is 0 Å². The average molecular weight is 401 g/mol. The van der Waals surface area contributed by atoms with Crippen molar-refractivity contribution in [3.63, 3.8) is 0 Å². The Morgan fingerprint density at radius 1 is 1.35 bits per heavy atom. The number of thiophene rings is 1. The van der Waals surface area contributed by atoms with E-state index in [0.717, 1.165) is 21.8 Å². The monoisotopic (exact) mass is 400 g/mol. The maximum Gasteiger partial charge on any atom is 0.226 e. The van der Waals surface area contributed by atoms with Crippen molar-refractivity contribution in [1.82, 2.24) is 9.97 Å². The molecule has 0 spiro atoms. The summed E-state index contributed by atoms with van der Waals surface area (Å²) < 4.78 is 0. The van der Waals surface area contributed by atoms with Crippen LogP contribution in [-0.2, 0) is 4.79 Å². The number of carbonyl (C=O) groups is 1. The largest absolute Gasteiger partial charge is 0.302 e. The van der Waals surface area contributed by atoms with Crippen molar-refractivity contribution in [2.24, 2.45) is 0 Å². The molecule has 0 saturated heterocycles. The Hall–Kier alpha value is -2.21. The number of aryl methyl sites for hydroxylation is 2. The van der Waals surface area contributed by atoms with Gasteiger partial charge in [-0.2, -0.15) is 5.26 Å². The minimum absolute atomic E-state index is 0.0903. The molecule has 26 heavy (non-hydrogen) atoms. The highest BCUT2D eigenvalue weighted by Gasteiger charge is 2.12. The molecular weight excluding hydrogens is 384 g/mol. The van der Waals surface area contributed by atoms with Crippen LogP contribution in [0.5, 0.6) is 0 Å². The van der Waals surface area contributed by atoms with Crippen molar-refractivity contribution in [3.05, 3.63) is 45.8 Å². The summed E-state index contributed by atoms with van der Waals surface area (Å²) >= 11 is 4.47. The lowest BCUT2D eigenvalue weighted by Crippen LogP contribution is -2.12. The number of aromatic nitrogens is 2. The van der Waals surface area contributed by atoms with Gasteiger partial charge in [0.15, 0.2) is 5.13 Å². The first kappa shape index (κ1) is 18.6. The van der Waals surface area contributed by atoms with E-state index in [9.17, 15) is 10.1 Å². The van der Waals surface area contributed by atoms with E-state index >= 15 is 0 Å². The quantitative estimate of drug-likeness (QED) is 0.597. The molecule has 0 aliphatic heterocycles. The normalized spacial score (nSPS) is 10.5. The Kier molecular flexibility index (Phi) is 6.04. The van der Waals surface area contributed by atoms with Gasteiger partial charge in [-0.05, 0) is 36.9 Å². The third-order valence-electron chi connectivity index (χ3n) is 3.52. The molecule has 0 aliphatic carbocycles. The van der Waals surface area contributed by atoms with Crippen LogP contribution < -0.4 is 5.32 Å². The number of thiazole rings is 1. The summed E-state index contributed by atoms with van der Waals surface area (Å²) in [5.41, 5.74) is 3.25. The van der Waals surface area contributed by atoms with Crippen LogP contribution in [0.2, 0.25) is 0 Å². The molecule has 0 fully saturated rings. The molecule has 0 unspecified atom stereocenters. The predicted molar refractivity (Wildman–Crippen MR) is 108 cm³/mol. The molecule has 132 valence electrons. The minimum atomic E-state index is -0.0903. The number of amides is 1. The molecule has 0 atom stereocenters. The van der Waals surface area contributed by atoms with Crippen molar-refractivity contribution in [2.45, 2.75) is 25.3 Å². The molecule has 8 heteroatoms. The van der Waals surface area contributed by atoms with Crippen LogP contribution in [0.25, 0.3) is 10.6 Å². The topological polar surface area (TPSA) is 78.7 Å². The maximum absolute atomic E-state index is 12.1. The summed E-state index contributed by atoms with van der Waals surface area (Å²) in [5.74, 6) is 0.465. The van der Waals surface area contributed by atoms with E-state index < -0.39 is 0 Å².